The third-order valence-electron chi connectivity index (χ3n) is 5.46. The first-order valence-corrected chi connectivity index (χ1v) is 9.09. The third-order valence-corrected chi connectivity index (χ3v) is 5.46. The maximum absolute atomic E-state index is 12.9. The predicted octanol–water partition coefficient (Wildman–Crippen LogP) is 3.13. The lowest BCUT2D eigenvalue weighted by Crippen LogP contribution is -2.48. The molecule has 5 nitrogen and oxygen atoms in total. The first-order valence-electron chi connectivity index (χ1n) is 9.09. The second-order valence-corrected chi connectivity index (χ2v) is 7.12. The van der Waals surface area contributed by atoms with E-state index >= 15 is 0 Å². The van der Waals surface area contributed by atoms with Crippen LogP contribution in [0.4, 0.5) is 0 Å². The summed E-state index contributed by atoms with van der Waals surface area (Å²) in [5.41, 5.74) is -0.861. The Bertz CT molecular complexity index is 581. The highest BCUT2D eigenvalue weighted by Gasteiger charge is 2.42. The molecule has 1 aliphatic rings. The number of carboxylic acids is 1. The van der Waals surface area contributed by atoms with Crippen molar-refractivity contribution in [1.29, 1.82) is 0 Å². The Labute approximate surface area is 149 Å². The van der Waals surface area contributed by atoms with Crippen LogP contribution in [-0.4, -0.2) is 36.7 Å². The number of amides is 1. The molecule has 1 saturated carbocycles. The smallest absolute Gasteiger partial charge is 0.315 e. The zero-order valence-electron chi connectivity index (χ0n) is 15.2. The number of nitrogens with one attached hydrogen (secondary N) is 1. The predicted molar refractivity (Wildman–Crippen MR) is 96.5 cm³/mol. The lowest BCUT2D eigenvalue weighted by molar-refractivity contribution is -0.143. The van der Waals surface area contributed by atoms with E-state index in [-0.39, 0.29) is 12.5 Å². The molecule has 1 atom stereocenters. The fourth-order valence-corrected chi connectivity index (χ4v) is 3.61. The standard InChI is InChI=1S/C20H29NO4/c1-3-25-14-13-20(11-7-8-12-20)17(22)21-15-19(2,18(23)24)16-9-5-4-6-10-16/h4-6,9-10H,3,7-8,11-15H2,1-2H3,(H,21,22)(H,23,24). The van der Waals surface area contributed by atoms with Crippen molar-refractivity contribution >= 4 is 11.9 Å². The number of hydrogen-bond acceptors (Lipinski definition) is 3. The molecule has 1 fully saturated rings. The first kappa shape index (κ1) is 19.4. The Morgan fingerprint density at radius 1 is 1.24 bits per heavy atom. The molecule has 2 rings (SSSR count). The van der Waals surface area contributed by atoms with Crippen LogP contribution in [0.1, 0.15) is 51.5 Å². The Morgan fingerprint density at radius 3 is 2.44 bits per heavy atom. The van der Waals surface area contributed by atoms with Crippen LogP contribution < -0.4 is 5.32 Å². The summed E-state index contributed by atoms with van der Waals surface area (Å²) in [6.07, 6.45) is 4.46. The lowest BCUT2D eigenvalue weighted by Gasteiger charge is -2.31. The van der Waals surface area contributed by atoms with E-state index in [0.717, 1.165) is 25.7 Å². The van der Waals surface area contributed by atoms with Crippen molar-refractivity contribution in [1.82, 2.24) is 5.32 Å². The summed E-state index contributed by atoms with van der Waals surface area (Å²) in [6, 6.07) is 9.07. The van der Waals surface area contributed by atoms with Gasteiger partial charge in [-0.1, -0.05) is 43.2 Å². The molecule has 1 unspecified atom stereocenters. The zero-order valence-corrected chi connectivity index (χ0v) is 15.2. The minimum atomic E-state index is -1.14. The van der Waals surface area contributed by atoms with Crippen LogP contribution in [0.2, 0.25) is 0 Å². The molecule has 0 heterocycles. The van der Waals surface area contributed by atoms with Crippen molar-refractivity contribution in [2.45, 2.75) is 51.4 Å². The zero-order chi connectivity index (χ0) is 18.3. The van der Waals surface area contributed by atoms with Gasteiger partial charge in [0.1, 0.15) is 5.41 Å². The number of ether oxygens (including phenoxy) is 1. The van der Waals surface area contributed by atoms with Crippen molar-refractivity contribution < 1.29 is 19.4 Å². The van der Waals surface area contributed by atoms with Crippen LogP contribution in [0.5, 0.6) is 0 Å². The molecule has 0 bridgehead atoms. The van der Waals surface area contributed by atoms with E-state index in [1.807, 2.05) is 25.1 Å². The molecule has 5 heteroatoms. The topological polar surface area (TPSA) is 75.6 Å². The van der Waals surface area contributed by atoms with Crippen LogP contribution in [0.15, 0.2) is 30.3 Å². The third kappa shape index (κ3) is 4.40. The van der Waals surface area contributed by atoms with E-state index in [0.29, 0.717) is 25.2 Å². The molecular formula is C20H29NO4. The number of carboxylic acid groups (broad SMARTS) is 1. The van der Waals surface area contributed by atoms with Gasteiger partial charge in [0.25, 0.3) is 0 Å². The maximum Gasteiger partial charge on any atom is 0.315 e. The molecule has 25 heavy (non-hydrogen) atoms. The van der Waals surface area contributed by atoms with E-state index in [1.165, 1.54) is 0 Å². The lowest BCUT2D eigenvalue weighted by atomic mass is 9.79. The van der Waals surface area contributed by atoms with Gasteiger partial charge in [0.05, 0.1) is 5.41 Å². The molecule has 0 spiro atoms. The number of benzene rings is 1. The van der Waals surface area contributed by atoms with Gasteiger partial charge in [-0.3, -0.25) is 9.59 Å². The van der Waals surface area contributed by atoms with Gasteiger partial charge in [-0.05, 0) is 38.7 Å². The van der Waals surface area contributed by atoms with Crippen LogP contribution in [0, 0.1) is 5.41 Å². The average molecular weight is 347 g/mol. The fraction of sp³-hybridized carbons (Fsp3) is 0.600. The molecule has 2 N–H and O–H groups in total. The molecule has 1 aromatic rings. The van der Waals surface area contributed by atoms with Crippen molar-refractivity contribution in [3.05, 3.63) is 35.9 Å². The second-order valence-electron chi connectivity index (χ2n) is 7.12. The Morgan fingerprint density at radius 2 is 1.88 bits per heavy atom. The molecule has 1 amide bonds. The summed E-state index contributed by atoms with van der Waals surface area (Å²) >= 11 is 0. The summed E-state index contributed by atoms with van der Waals surface area (Å²) < 4.78 is 5.45. The van der Waals surface area contributed by atoms with Gasteiger partial charge in [0.2, 0.25) is 5.91 Å². The molecule has 0 radical (unpaired) electrons. The van der Waals surface area contributed by atoms with Crippen molar-refractivity contribution in [2.75, 3.05) is 19.8 Å². The molecule has 0 saturated heterocycles. The van der Waals surface area contributed by atoms with E-state index < -0.39 is 16.8 Å². The van der Waals surface area contributed by atoms with E-state index in [4.69, 9.17) is 4.74 Å². The highest BCUT2D eigenvalue weighted by molar-refractivity contribution is 5.85. The van der Waals surface area contributed by atoms with Gasteiger partial charge in [-0.25, -0.2) is 0 Å². The molecule has 1 aromatic carbocycles. The minimum Gasteiger partial charge on any atom is -0.481 e. The van der Waals surface area contributed by atoms with Gasteiger partial charge in [0.15, 0.2) is 0 Å². The summed E-state index contributed by atoms with van der Waals surface area (Å²) in [7, 11) is 0. The minimum absolute atomic E-state index is 0.0342. The summed E-state index contributed by atoms with van der Waals surface area (Å²) in [4.78, 5) is 24.8. The Balaban J connectivity index is 2.08. The van der Waals surface area contributed by atoms with Gasteiger partial charge >= 0.3 is 5.97 Å². The van der Waals surface area contributed by atoms with Crippen LogP contribution in [0.25, 0.3) is 0 Å². The molecular weight excluding hydrogens is 318 g/mol. The number of carbonyl (C=O) groups is 2. The molecule has 0 aliphatic heterocycles. The normalized spacial score (nSPS) is 18.5. The van der Waals surface area contributed by atoms with E-state index in [1.54, 1.807) is 19.1 Å². The quantitative estimate of drug-likeness (QED) is 0.673. The number of rotatable bonds is 9. The highest BCUT2D eigenvalue weighted by Crippen LogP contribution is 2.41. The SMILES string of the molecule is CCOCCC1(C(=O)NCC(C)(C(=O)O)c2ccccc2)CCCC1. The summed E-state index contributed by atoms with van der Waals surface area (Å²) in [6.45, 7) is 4.90. The maximum atomic E-state index is 12.9. The second kappa shape index (κ2) is 8.48. The first-order chi connectivity index (χ1) is 11.9. The van der Waals surface area contributed by atoms with Crippen LogP contribution >= 0.6 is 0 Å². The van der Waals surface area contributed by atoms with Crippen molar-refractivity contribution in [3.8, 4) is 0 Å². The number of carbonyl (C=O) groups excluding carboxylic acids is 1. The summed E-state index contributed by atoms with van der Waals surface area (Å²) in [5, 5.41) is 12.7. The van der Waals surface area contributed by atoms with Crippen LogP contribution in [-0.2, 0) is 19.7 Å². The van der Waals surface area contributed by atoms with Gasteiger partial charge in [0, 0.05) is 19.8 Å². The van der Waals surface area contributed by atoms with Crippen molar-refractivity contribution in [3.63, 3.8) is 0 Å². The average Bonchev–Trinajstić information content (AvgIpc) is 3.10. The molecule has 138 valence electrons. The Hall–Kier alpha value is -1.88. The Kier molecular flexibility index (Phi) is 6.59. The highest BCUT2D eigenvalue weighted by atomic mass is 16.5. The summed E-state index contributed by atoms with van der Waals surface area (Å²) in [5.74, 6) is -0.970. The molecule has 1 aliphatic carbocycles. The van der Waals surface area contributed by atoms with Crippen LogP contribution in [0.3, 0.4) is 0 Å². The van der Waals surface area contributed by atoms with Gasteiger partial charge in [-0.2, -0.15) is 0 Å². The van der Waals surface area contributed by atoms with E-state index in [9.17, 15) is 14.7 Å². The van der Waals surface area contributed by atoms with Gasteiger partial charge in [-0.15, -0.1) is 0 Å². The fourth-order valence-electron chi connectivity index (χ4n) is 3.61. The number of aliphatic carboxylic acids is 1. The van der Waals surface area contributed by atoms with E-state index in [2.05, 4.69) is 5.32 Å². The van der Waals surface area contributed by atoms with Crippen molar-refractivity contribution in [2.24, 2.45) is 5.41 Å². The monoisotopic (exact) mass is 347 g/mol. The molecule has 0 aromatic heterocycles. The largest absolute Gasteiger partial charge is 0.481 e. The number of hydrogen-bond donors (Lipinski definition) is 2. The van der Waals surface area contributed by atoms with Gasteiger partial charge < -0.3 is 15.2 Å².